The molecule has 1 heterocycles. The largest absolute Gasteiger partial charge is 0.374 e. The van der Waals surface area contributed by atoms with Gasteiger partial charge in [-0.2, -0.15) is 5.26 Å². The van der Waals surface area contributed by atoms with Crippen LogP contribution >= 0.6 is 0 Å². The number of para-hydroxylation sites is 1. The van der Waals surface area contributed by atoms with Crippen molar-refractivity contribution >= 4 is 23.0 Å². The number of carbonyl (C=O) groups excluding carboxylic acids is 1. The van der Waals surface area contributed by atoms with Crippen LogP contribution in [0.4, 0.5) is 17.1 Å². The fourth-order valence-electron chi connectivity index (χ4n) is 4.02. The molecule has 4 rings (SSSR count). The molecule has 6 nitrogen and oxygen atoms in total. The van der Waals surface area contributed by atoms with E-state index in [1.54, 1.807) is 24.3 Å². The summed E-state index contributed by atoms with van der Waals surface area (Å²) in [5.41, 5.74) is 4.42. The lowest BCUT2D eigenvalue weighted by Gasteiger charge is -2.36. The zero-order chi connectivity index (χ0) is 23.0. The predicted octanol–water partition coefficient (Wildman–Crippen LogP) is 4.32. The van der Waals surface area contributed by atoms with Crippen LogP contribution in [0, 0.1) is 11.3 Å². The SMILES string of the molecule is CC(Nc1ccc(N2CCN(Cc3ccccc3)CC2)cc1)C(=O)Nc1ccccc1C#N. The first-order valence-corrected chi connectivity index (χ1v) is 11.3. The van der Waals surface area contributed by atoms with Crippen molar-refractivity contribution in [2.75, 3.05) is 41.7 Å². The van der Waals surface area contributed by atoms with Gasteiger partial charge in [0.05, 0.1) is 11.3 Å². The van der Waals surface area contributed by atoms with E-state index in [-0.39, 0.29) is 5.91 Å². The second kappa shape index (κ2) is 10.7. The molecule has 1 saturated heterocycles. The molecule has 0 aromatic heterocycles. The van der Waals surface area contributed by atoms with Crippen molar-refractivity contribution in [3.8, 4) is 6.07 Å². The maximum Gasteiger partial charge on any atom is 0.246 e. The van der Waals surface area contributed by atoms with E-state index in [1.807, 2.05) is 19.1 Å². The molecule has 168 valence electrons. The number of carbonyl (C=O) groups is 1. The van der Waals surface area contributed by atoms with Gasteiger partial charge in [-0.1, -0.05) is 42.5 Å². The number of rotatable bonds is 7. The zero-order valence-corrected chi connectivity index (χ0v) is 18.9. The molecule has 1 fully saturated rings. The third-order valence-corrected chi connectivity index (χ3v) is 5.94. The molecule has 0 saturated carbocycles. The molecule has 1 unspecified atom stereocenters. The summed E-state index contributed by atoms with van der Waals surface area (Å²) in [6.45, 7) is 6.88. The third kappa shape index (κ3) is 5.91. The second-order valence-corrected chi connectivity index (χ2v) is 8.31. The number of amides is 1. The van der Waals surface area contributed by atoms with E-state index in [4.69, 9.17) is 0 Å². The lowest BCUT2D eigenvalue weighted by Crippen LogP contribution is -2.45. The first-order chi connectivity index (χ1) is 16.1. The summed E-state index contributed by atoms with van der Waals surface area (Å²) in [6.07, 6.45) is 0. The summed E-state index contributed by atoms with van der Waals surface area (Å²) in [5.74, 6) is -0.184. The van der Waals surface area contributed by atoms with Gasteiger partial charge in [0.1, 0.15) is 12.1 Å². The van der Waals surface area contributed by atoms with Gasteiger partial charge in [0.2, 0.25) is 5.91 Å². The molecule has 0 radical (unpaired) electrons. The lowest BCUT2D eigenvalue weighted by molar-refractivity contribution is -0.116. The number of benzene rings is 3. The van der Waals surface area contributed by atoms with E-state index in [1.165, 1.54) is 11.3 Å². The van der Waals surface area contributed by atoms with Gasteiger partial charge in [0.25, 0.3) is 0 Å². The van der Waals surface area contributed by atoms with E-state index in [9.17, 15) is 10.1 Å². The molecule has 6 heteroatoms. The minimum absolute atomic E-state index is 0.184. The number of nitrogens with zero attached hydrogens (tertiary/aromatic N) is 3. The fraction of sp³-hybridized carbons (Fsp3) is 0.259. The van der Waals surface area contributed by atoms with Crippen LogP contribution in [0.5, 0.6) is 0 Å². The maximum atomic E-state index is 12.6. The Bertz CT molecular complexity index is 1100. The van der Waals surface area contributed by atoms with E-state index in [0.29, 0.717) is 11.3 Å². The Morgan fingerprint density at radius 3 is 2.30 bits per heavy atom. The highest BCUT2D eigenvalue weighted by Gasteiger charge is 2.18. The molecule has 33 heavy (non-hydrogen) atoms. The molecular formula is C27H29N5O. The van der Waals surface area contributed by atoms with Crippen LogP contribution in [0.15, 0.2) is 78.9 Å². The molecule has 3 aromatic rings. The van der Waals surface area contributed by atoms with Gasteiger partial charge in [-0.15, -0.1) is 0 Å². The van der Waals surface area contributed by atoms with Crippen molar-refractivity contribution in [2.24, 2.45) is 0 Å². The van der Waals surface area contributed by atoms with Crippen LogP contribution in [0.3, 0.4) is 0 Å². The number of nitrogens with one attached hydrogen (secondary N) is 2. The van der Waals surface area contributed by atoms with Gasteiger partial charge in [0, 0.05) is 44.1 Å². The molecule has 1 amide bonds. The quantitative estimate of drug-likeness (QED) is 0.574. The number of hydrogen-bond acceptors (Lipinski definition) is 5. The van der Waals surface area contributed by atoms with Crippen molar-refractivity contribution in [2.45, 2.75) is 19.5 Å². The topological polar surface area (TPSA) is 71.4 Å². The average Bonchev–Trinajstić information content (AvgIpc) is 2.86. The standard InChI is InChI=1S/C27H29N5O/c1-21(27(33)30-26-10-6-5-9-23(26)19-28)29-24-11-13-25(14-12-24)32-17-15-31(16-18-32)20-22-7-3-2-4-8-22/h2-14,21,29H,15-18,20H2,1H3,(H,30,33). The van der Waals surface area contributed by atoms with Crippen LogP contribution in [0.25, 0.3) is 0 Å². The molecule has 0 spiro atoms. The van der Waals surface area contributed by atoms with E-state index in [0.717, 1.165) is 38.4 Å². The zero-order valence-electron chi connectivity index (χ0n) is 18.9. The smallest absolute Gasteiger partial charge is 0.246 e. The summed E-state index contributed by atoms with van der Waals surface area (Å²) in [5, 5.41) is 15.3. The summed E-state index contributed by atoms with van der Waals surface area (Å²) in [4.78, 5) is 17.5. The predicted molar refractivity (Wildman–Crippen MR) is 133 cm³/mol. The molecule has 1 atom stereocenters. The Hall–Kier alpha value is -3.82. The Kier molecular flexibility index (Phi) is 7.23. The van der Waals surface area contributed by atoms with Gasteiger partial charge in [-0.05, 0) is 48.9 Å². The second-order valence-electron chi connectivity index (χ2n) is 8.31. The van der Waals surface area contributed by atoms with Crippen molar-refractivity contribution < 1.29 is 4.79 Å². The fourth-order valence-corrected chi connectivity index (χ4v) is 4.02. The first kappa shape index (κ1) is 22.4. The number of piperazine rings is 1. The van der Waals surface area contributed by atoms with Crippen LogP contribution in [0.2, 0.25) is 0 Å². The van der Waals surface area contributed by atoms with Crippen molar-refractivity contribution in [3.05, 3.63) is 90.0 Å². The molecule has 0 bridgehead atoms. The third-order valence-electron chi connectivity index (χ3n) is 5.94. The van der Waals surface area contributed by atoms with Crippen LogP contribution in [-0.4, -0.2) is 43.0 Å². The summed E-state index contributed by atoms with van der Waals surface area (Å²) >= 11 is 0. The highest BCUT2D eigenvalue weighted by atomic mass is 16.2. The summed E-state index contributed by atoms with van der Waals surface area (Å²) in [7, 11) is 0. The highest BCUT2D eigenvalue weighted by molar-refractivity contribution is 5.97. The van der Waals surface area contributed by atoms with E-state index >= 15 is 0 Å². The van der Waals surface area contributed by atoms with Crippen LogP contribution in [-0.2, 0) is 11.3 Å². The molecule has 1 aliphatic heterocycles. The van der Waals surface area contributed by atoms with Crippen molar-refractivity contribution in [1.82, 2.24) is 4.90 Å². The van der Waals surface area contributed by atoms with Crippen molar-refractivity contribution in [3.63, 3.8) is 0 Å². The Balaban J connectivity index is 1.28. The molecular weight excluding hydrogens is 410 g/mol. The lowest BCUT2D eigenvalue weighted by atomic mass is 10.1. The molecule has 3 aromatic carbocycles. The average molecular weight is 440 g/mol. The highest BCUT2D eigenvalue weighted by Crippen LogP contribution is 2.21. The van der Waals surface area contributed by atoms with Gasteiger partial charge in [-0.3, -0.25) is 9.69 Å². The van der Waals surface area contributed by atoms with E-state index in [2.05, 4.69) is 69.0 Å². The van der Waals surface area contributed by atoms with Gasteiger partial charge < -0.3 is 15.5 Å². The van der Waals surface area contributed by atoms with Gasteiger partial charge in [-0.25, -0.2) is 0 Å². The van der Waals surface area contributed by atoms with E-state index < -0.39 is 6.04 Å². The molecule has 1 aliphatic rings. The van der Waals surface area contributed by atoms with Crippen LogP contribution < -0.4 is 15.5 Å². The van der Waals surface area contributed by atoms with Gasteiger partial charge in [0.15, 0.2) is 0 Å². The minimum Gasteiger partial charge on any atom is -0.374 e. The van der Waals surface area contributed by atoms with Crippen molar-refractivity contribution in [1.29, 1.82) is 5.26 Å². The summed E-state index contributed by atoms with van der Waals surface area (Å²) < 4.78 is 0. The van der Waals surface area contributed by atoms with Crippen LogP contribution in [0.1, 0.15) is 18.1 Å². The maximum absolute atomic E-state index is 12.6. The molecule has 0 aliphatic carbocycles. The Morgan fingerprint density at radius 2 is 1.61 bits per heavy atom. The number of hydrogen-bond donors (Lipinski definition) is 2. The summed E-state index contributed by atoms with van der Waals surface area (Å²) in [6, 6.07) is 27.5. The Labute approximate surface area is 195 Å². The first-order valence-electron chi connectivity index (χ1n) is 11.3. The monoisotopic (exact) mass is 439 g/mol. The normalized spacial score (nSPS) is 14.8. The number of anilines is 3. The molecule has 2 N–H and O–H groups in total. The Morgan fingerprint density at radius 1 is 0.939 bits per heavy atom. The number of nitriles is 1. The minimum atomic E-state index is -0.441. The van der Waals surface area contributed by atoms with Gasteiger partial charge >= 0.3 is 0 Å².